The molecule has 0 fully saturated rings. The van der Waals surface area contributed by atoms with E-state index in [4.69, 9.17) is 5.26 Å². The molecule has 2 aromatic rings. The van der Waals surface area contributed by atoms with Crippen LogP contribution in [-0.2, 0) is 0 Å². The van der Waals surface area contributed by atoms with Gasteiger partial charge >= 0.3 is 0 Å². The first-order valence-electron chi connectivity index (χ1n) is 5.79. The van der Waals surface area contributed by atoms with Gasteiger partial charge in [-0.3, -0.25) is 0 Å². The van der Waals surface area contributed by atoms with E-state index in [0.717, 1.165) is 16.7 Å². The molecule has 0 aliphatic carbocycles. The van der Waals surface area contributed by atoms with Gasteiger partial charge in [0.05, 0.1) is 5.57 Å². The summed E-state index contributed by atoms with van der Waals surface area (Å²) >= 11 is 0. The number of nitriles is 1. The van der Waals surface area contributed by atoms with Gasteiger partial charge in [0, 0.05) is 5.57 Å². The number of benzene rings is 2. The second-order valence-electron chi connectivity index (χ2n) is 3.97. The Morgan fingerprint density at radius 1 is 0.833 bits per heavy atom. The third-order valence-corrected chi connectivity index (χ3v) is 2.61. The Labute approximate surface area is 107 Å². The summed E-state index contributed by atoms with van der Waals surface area (Å²) in [4.78, 5) is 0. The molecule has 0 N–H and O–H groups in total. The first kappa shape index (κ1) is 11.9. The number of hydrogen-bond acceptors (Lipinski definition) is 1. The highest BCUT2D eigenvalue weighted by molar-refractivity contribution is 5.79. The van der Waals surface area contributed by atoms with Crippen LogP contribution in [0.25, 0.3) is 5.57 Å². The normalized spacial score (nSPS) is 9.11. The summed E-state index contributed by atoms with van der Waals surface area (Å²) in [6, 6.07) is 22.1. The summed E-state index contributed by atoms with van der Waals surface area (Å²) in [6.07, 6.45) is 0. The van der Waals surface area contributed by atoms with E-state index >= 15 is 0 Å². The van der Waals surface area contributed by atoms with E-state index < -0.39 is 0 Å². The fourth-order valence-electron chi connectivity index (χ4n) is 1.74. The molecule has 0 aliphatic rings. The fourth-order valence-corrected chi connectivity index (χ4v) is 1.74. The Morgan fingerprint density at radius 2 is 1.28 bits per heavy atom. The topological polar surface area (TPSA) is 23.8 Å². The third kappa shape index (κ3) is 2.77. The molecular weight excluding hydrogens is 218 g/mol. The fraction of sp³-hybridized carbons (Fsp3) is 0.0588. The summed E-state index contributed by atoms with van der Waals surface area (Å²) in [5.74, 6) is 0. The first-order valence-corrected chi connectivity index (χ1v) is 5.79. The molecule has 1 heteroatoms. The first-order chi connectivity index (χ1) is 8.81. The van der Waals surface area contributed by atoms with Crippen LogP contribution >= 0.6 is 0 Å². The predicted octanol–water partition coefficient (Wildman–Crippen LogP) is 4.19. The number of rotatable bonds is 2. The van der Waals surface area contributed by atoms with Gasteiger partial charge in [0.25, 0.3) is 0 Å². The maximum Gasteiger partial charge on any atom is 0.103 e. The molecule has 0 aromatic heterocycles. The zero-order valence-electron chi connectivity index (χ0n) is 10.2. The van der Waals surface area contributed by atoms with E-state index in [1.807, 2.05) is 60.7 Å². The van der Waals surface area contributed by atoms with Crippen molar-refractivity contribution in [3.05, 3.63) is 83.1 Å². The Morgan fingerprint density at radius 3 is 1.67 bits per heavy atom. The van der Waals surface area contributed by atoms with Gasteiger partial charge < -0.3 is 0 Å². The van der Waals surface area contributed by atoms with Crippen LogP contribution in [0.2, 0.25) is 0 Å². The van der Waals surface area contributed by atoms with Gasteiger partial charge in [-0.1, -0.05) is 66.4 Å². The number of hydrogen-bond donors (Lipinski definition) is 0. The maximum atomic E-state index is 8.91. The Balaban J connectivity index is 2.65. The predicted molar refractivity (Wildman–Crippen MR) is 73.7 cm³/mol. The average molecular weight is 231 g/mol. The molecule has 0 amide bonds. The highest BCUT2D eigenvalue weighted by Crippen LogP contribution is 2.22. The van der Waals surface area contributed by atoms with Crippen molar-refractivity contribution in [3.8, 4) is 6.07 Å². The van der Waals surface area contributed by atoms with Crippen molar-refractivity contribution < 1.29 is 0 Å². The van der Waals surface area contributed by atoms with Gasteiger partial charge in [0.2, 0.25) is 0 Å². The van der Waals surface area contributed by atoms with E-state index in [1.165, 1.54) is 0 Å². The van der Waals surface area contributed by atoms with E-state index in [0.29, 0.717) is 5.57 Å². The molecule has 2 rings (SSSR count). The quantitative estimate of drug-likeness (QED) is 0.561. The highest BCUT2D eigenvalue weighted by atomic mass is 14.2. The highest BCUT2D eigenvalue weighted by Gasteiger charge is 2.03. The van der Waals surface area contributed by atoms with Crippen molar-refractivity contribution in [2.45, 2.75) is 6.92 Å². The molecule has 0 heterocycles. The van der Waals surface area contributed by atoms with Gasteiger partial charge in [0.1, 0.15) is 6.07 Å². The van der Waals surface area contributed by atoms with Crippen LogP contribution < -0.4 is 0 Å². The van der Waals surface area contributed by atoms with Crippen molar-refractivity contribution >= 4 is 5.57 Å². The standard InChI is InChI=1S/C17H13N/c1-14(13-18)12-17(15-8-4-2-5-9-15)16-10-6-3-7-11-16/h2-11H,1H3. The van der Waals surface area contributed by atoms with Gasteiger partial charge in [-0.25, -0.2) is 0 Å². The van der Waals surface area contributed by atoms with Gasteiger partial charge in [-0.15, -0.1) is 0 Å². The molecule has 0 saturated heterocycles. The zero-order chi connectivity index (χ0) is 12.8. The van der Waals surface area contributed by atoms with Crippen LogP contribution in [0, 0.1) is 11.3 Å². The second kappa shape index (κ2) is 5.68. The second-order valence-corrected chi connectivity index (χ2v) is 3.97. The van der Waals surface area contributed by atoms with E-state index in [1.54, 1.807) is 6.92 Å². The SMILES string of the molecule is CC(=C=C(c1ccccc1)c1ccccc1)C#N. The van der Waals surface area contributed by atoms with Crippen LogP contribution in [-0.4, -0.2) is 0 Å². The monoisotopic (exact) mass is 231 g/mol. The Hall–Kier alpha value is -2.55. The molecular formula is C17H13N. The molecule has 0 atom stereocenters. The Kier molecular flexibility index (Phi) is 3.76. The molecule has 0 spiro atoms. The smallest absolute Gasteiger partial charge is 0.103 e. The van der Waals surface area contributed by atoms with Crippen molar-refractivity contribution in [2.75, 3.05) is 0 Å². The van der Waals surface area contributed by atoms with Crippen LogP contribution in [0.5, 0.6) is 0 Å². The average Bonchev–Trinajstić information content (AvgIpc) is 2.46. The minimum Gasteiger partial charge on any atom is -0.192 e. The third-order valence-electron chi connectivity index (χ3n) is 2.61. The molecule has 0 saturated carbocycles. The zero-order valence-corrected chi connectivity index (χ0v) is 10.2. The number of nitrogens with zero attached hydrogens (tertiary/aromatic N) is 1. The summed E-state index contributed by atoms with van der Waals surface area (Å²) in [6.45, 7) is 1.77. The number of allylic oxidation sites excluding steroid dienone is 1. The van der Waals surface area contributed by atoms with Crippen LogP contribution in [0.1, 0.15) is 18.1 Å². The molecule has 86 valence electrons. The molecule has 0 aliphatic heterocycles. The molecule has 2 aromatic carbocycles. The molecule has 0 bridgehead atoms. The van der Waals surface area contributed by atoms with Gasteiger partial charge in [-0.05, 0) is 18.1 Å². The molecule has 1 nitrogen and oxygen atoms in total. The lowest BCUT2D eigenvalue weighted by Crippen LogP contribution is -1.86. The maximum absolute atomic E-state index is 8.91. The lowest BCUT2D eigenvalue weighted by atomic mass is 9.98. The van der Waals surface area contributed by atoms with E-state index in [2.05, 4.69) is 11.8 Å². The molecule has 0 unspecified atom stereocenters. The van der Waals surface area contributed by atoms with E-state index in [-0.39, 0.29) is 0 Å². The van der Waals surface area contributed by atoms with Crippen molar-refractivity contribution in [1.29, 1.82) is 5.26 Å². The lowest BCUT2D eigenvalue weighted by Gasteiger charge is -2.05. The summed E-state index contributed by atoms with van der Waals surface area (Å²) in [5.41, 5.74) is 6.84. The van der Waals surface area contributed by atoms with Crippen molar-refractivity contribution in [1.82, 2.24) is 0 Å². The lowest BCUT2D eigenvalue weighted by molar-refractivity contribution is 1.45. The largest absolute Gasteiger partial charge is 0.192 e. The van der Waals surface area contributed by atoms with Gasteiger partial charge in [0.15, 0.2) is 0 Å². The molecule has 18 heavy (non-hydrogen) atoms. The van der Waals surface area contributed by atoms with E-state index in [9.17, 15) is 0 Å². The van der Waals surface area contributed by atoms with Crippen LogP contribution in [0.15, 0.2) is 72.0 Å². The summed E-state index contributed by atoms with van der Waals surface area (Å²) in [7, 11) is 0. The van der Waals surface area contributed by atoms with Crippen LogP contribution in [0.3, 0.4) is 0 Å². The van der Waals surface area contributed by atoms with Crippen molar-refractivity contribution in [3.63, 3.8) is 0 Å². The summed E-state index contributed by atoms with van der Waals surface area (Å²) < 4.78 is 0. The van der Waals surface area contributed by atoms with Gasteiger partial charge in [-0.2, -0.15) is 5.26 Å². The Bertz CT molecular complexity index is 583. The van der Waals surface area contributed by atoms with Crippen LogP contribution in [0.4, 0.5) is 0 Å². The minimum atomic E-state index is 0.581. The molecule has 0 radical (unpaired) electrons. The van der Waals surface area contributed by atoms with Crippen molar-refractivity contribution in [2.24, 2.45) is 0 Å². The minimum absolute atomic E-state index is 0.581. The summed E-state index contributed by atoms with van der Waals surface area (Å²) in [5, 5.41) is 8.91.